The molecule has 0 spiro atoms. The average molecular weight is 380 g/mol. The Labute approximate surface area is 161 Å². The second-order valence-electron chi connectivity index (χ2n) is 5.82. The molecule has 3 aromatic heterocycles. The highest BCUT2D eigenvalue weighted by Gasteiger charge is 2.05. The van der Waals surface area contributed by atoms with Gasteiger partial charge in [-0.25, -0.2) is 19.6 Å². The van der Waals surface area contributed by atoms with E-state index in [4.69, 9.17) is 0 Å². The standard InChI is InChI=1S/C18H20N8O2/c1-13-23-15(11-16(24-13)25-14-5-2-3-7-19-14)20-9-10-21-17(27)12-26-18(28)6-4-8-22-26/h2-8,11H,9-10,12H2,1H3,(H,21,27)(H2,19,20,23,24,25). The lowest BCUT2D eigenvalue weighted by Gasteiger charge is -2.10. The van der Waals surface area contributed by atoms with Crippen molar-refractivity contribution in [2.45, 2.75) is 13.5 Å². The first-order valence-corrected chi connectivity index (χ1v) is 8.66. The molecule has 0 saturated heterocycles. The highest BCUT2D eigenvalue weighted by molar-refractivity contribution is 5.75. The molecule has 144 valence electrons. The second-order valence-corrected chi connectivity index (χ2v) is 5.82. The van der Waals surface area contributed by atoms with Crippen molar-refractivity contribution in [2.24, 2.45) is 0 Å². The van der Waals surface area contributed by atoms with Crippen LogP contribution in [0.4, 0.5) is 17.5 Å². The van der Waals surface area contributed by atoms with Gasteiger partial charge in [0, 0.05) is 37.6 Å². The number of amides is 1. The Morgan fingerprint density at radius 2 is 1.89 bits per heavy atom. The third-order valence-corrected chi connectivity index (χ3v) is 3.59. The number of aryl methyl sites for hydroxylation is 1. The van der Waals surface area contributed by atoms with Gasteiger partial charge in [-0.15, -0.1) is 0 Å². The zero-order valence-corrected chi connectivity index (χ0v) is 15.3. The monoisotopic (exact) mass is 380 g/mol. The first-order chi connectivity index (χ1) is 13.6. The van der Waals surface area contributed by atoms with Crippen molar-refractivity contribution < 1.29 is 4.79 Å². The molecule has 0 aliphatic rings. The van der Waals surface area contributed by atoms with E-state index in [2.05, 4.69) is 36.0 Å². The molecule has 0 aliphatic heterocycles. The van der Waals surface area contributed by atoms with Crippen LogP contribution in [0.2, 0.25) is 0 Å². The lowest BCUT2D eigenvalue weighted by molar-refractivity contribution is -0.121. The van der Waals surface area contributed by atoms with E-state index < -0.39 is 0 Å². The van der Waals surface area contributed by atoms with Crippen LogP contribution in [0.5, 0.6) is 0 Å². The van der Waals surface area contributed by atoms with Gasteiger partial charge in [-0.2, -0.15) is 5.10 Å². The molecule has 28 heavy (non-hydrogen) atoms. The number of carbonyl (C=O) groups excluding carboxylic acids is 1. The van der Waals surface area contributed by atoms with Gasteiger partial charge in [-0.1, -0.05) is 6.07 Å². The number of pyridine rings is 1. The molecule has 0 atom stereocenters. The van der Waals surface area contributed by atoms with Crippen LogP contribution in [0, 0.1) is 6.92 Å². The summed E-state index contributed by atoms with van der Waals surface area (Å²) in [6, 6.07) is 10.2. The number of hydrogen-bond donors (Lipinski definition) is 3. The molecule has 3 N–H and O–H groups in total. The van der Waals surface area contributed by atoms with Crippen molar-refractivity contribution in [2.75, 3.05) is 23.7 Å². The summed E-state index contributed by atoms with van der Waals surface area (Å²) in [6.07, 6.45) is 3.15. The first kappa shape index (κ1) is 19.0. The van der Waals surface area contributed by atoms with E-state index in [1.807, 2.05) is 18.2 Å². The molecule has 10 heteroatoms. The predicted molar refractivity (Wildman–Crippen MR) is 104 cm³/mol. The zero-order valence-electron chi connectivity index (χ0n) is 15.3. The minimum atomic E-state index is -0.319. The third kappa shape index (κ3) is 5.59. The highest BCUT2D eigenvalue weighted by Crippen LogP contribution is 2.15. The fourth-order valence-electron chi connectivity index (χ4n) is 2.38. The molecular formula is C18H20N8O2. The topological polar surface area (TPSA) is 127 Å². The van der Waals surface area contributed by atoms with E-state index in [1.54, 1.807) is 19.2 Å². The van der Waals surface area contributed by atoms with Crippen molar-refractivity contribution in [3.8, 4) is 0 Å². The summed E-state index contributed by atoms with van der Waals surface area (Å²) in [6.45, 7) is 2.50. The van der Waals surface area contributed by atoms with Gasteiger partial charge in [-0.05, 0) is 25.1 Å². The first-order valence-electron chi connectivity index (χ1n) is 8.66. The number of rotatable bonds is 8. The van der Waals surface area contributed by atoms with E-state index in [0.717, 1.165) is 4.68 Å². The van der Waals surface area contributed by atoms with Crippen LogP contribution in [0.1, 0.15) is 5.82 Å². The maximum Gasteiger partial charge on any atom is 0.267 e. The molecule has 0 radical (unpaired) electrons. The second kappa shape index (κ2) is 9.21. The maximum atomic E-state index is 11.9. The SMILES string of the molecule is Cc1nc(NCCNC(=O)Cn2ncccc2=O)cc(Nc2ccccn2)n1. The Bertz CT molecular complexity index is 990. The van der Waals surface area contributed by atoms with E-state index >= 15 is 0 Å². The summed E-state index contributed by atoms with van der Waals surface area (Å²) in [4.78, 5) is 36.3. The van der Waals surface area contributed by atoms with Gasteiger partial charge in [0.1, 0.15) is 29.8 Å². The molecule has 3 heterocycles. The van der Waals surface area contributed by atoms with Gasteiger partial charge in [0.2, 0.25) is 5.91 Å². The smallest absolute Gasteiger partial charge is 0.267 e. The van der Waals surface area contributed by atoms with Crippen molar-refractivity contribution in [1.82, 2.24) is 30.0 Å². The van der Waals surface area contributed by atoms with Crippen LogP contribution in [-0.2, 0) is 11.3 Å². The van der Waals surface area contributed by atoms with Crippen LogP contribution >= 0.6 is 0 Å². The summed E-state index contributed by atoms with van der Waals surface area (Å²) in [5.74, 6) is 2.23. The number of anilines is 3. The normalized spacial score (nSPS) is 10.3. The molecule has 0 saturated carbocycles. The summed E-state index contributed by atoms with van der Waals surface area (Å²) in [5.41, 5.74) is -0.319. The quantitative estimate of drug-likeness (QED) is 0.488. The lowest BCUT2D eigenvalue weighted by atomic mass is 10.4. The number of aromatic nitrogens is 5. The van der Waals surface area contributed by atoms with E-state index in [-0.39, 0.29) is 18.0 Å². The van der Waals surface area contributed by atoms with Gasteiger partial charge in [0.15, 0.2) is 0 Å². The summed E-state index contributed by atoms with van der Waals surface area (Å²) >= 11 is 0. The van der Waals surface area contributed by atoms with Crippen LogP contribution in [0.25, 0.3) is 0 Å². The summed E-state index contributed by atoms with van der Waals surface area (Å²) in [7, 11) is 0. The maximum absolute atomic E-state index is 11.9. The molecule has 0 aliphatic carbocycles. The number of nitrogens with one attached hydrogen (secondary N) is 3. The fourth-order valence-corrected chi connectivity index (χ4v) is 2.38. The Morgan fingerprint density at radius 1 is 1.04 bits per heavy atom. The number of nitrogens with zero attached hydrogens (tertiary/aromatic N) is 5. The zero-order chi connectivity index (χ0) is 19.8. The van der Waals surface area contributed by atoms with Crippen molar-refractivity contribution in [3.05, 3.63) is 65.0 Å². The summed E-state index contributed by atoms with van der Waals surface area (Å²) < 4.78 is 1.10. The van der Waals surface area contributed by atoms with Crippen LogP contribution in [0.3, 0.4) is 0 Å². The molecule has 3 aromatic rings. The van der Waals surface area contributed by atoms with Crippen LogP contribution in [0.15, 0.2) is 53.6 Å². The van der Waals surface area contributed by atoms with Gasteiger partial charge in [-0.3, -0.25) is 9.59 Å². The van der Waals surface area contributed by atoms with E-state index in [9.17, 15) is 9.59 Å². The van der Waals surface area contributed by atoms with Gasteiger partial charge in [0.05, 0.1) is 0 Å². The van der Waals surface area contributed by atoms with Crippen LogP contribution < -0.4 is 21.5 Å². The molecule has 1 amide bonds. The molecule has 0 fully saturated rings. The predicted octanol–water partition coefficient (Wildman–Crippen LogP) is 0.709. The molecular weight excluding hydrogens is 360 g/mol. The van der Waals surface area contributed by atoms with Crippen molar-refractivity contribution in [1.29, 1.82) is 0 Å². The third-order valence-electron chi connectivity index (χ3n) is 3.59. The van der Waals surface area contributed by atoms with E-state index in [1.165, 1.54) is 18.3 Å². The Kier molecular flexibility index (Phi) is 6.24. The molecule has 3 rings (SSSR count). The number of carbonyl (C=O) groups is 1. The Balaban J connectivity index is 1.48. The largest absolute Gasteiger partial charge is 0.368 e. The molecule has 0 bridgehead atoms. The Morgan fingerprint density at radius 3 is 2.68 bits per heavy atom. The molecule has 0 aromatic carbocycles. The van der Waals surface area contributed by atoms with Crippen molar-refractivity contribution >= 4 is 23.4 Å². The minimum Gasteiger partial charge on any atom is -0.368 e. The lowest BCUT2D eigenvalue weighted by Crippen LogP contribution is -2.35. The van der Waals surface area contributed by atoms with Gasteiger partial charge in [0.25, 0.3) is 5.56 Å². The molecule has 10 nitrogen and oxygen atoms in total. The molecule has 0 unspecified atom stereocenters. The van der Waals surface area contributed by atoms with Crippen LogP contribution in [-0.4, -0.2) is 43.7 Å². The minimum absolute atomic E-state index is 0.121. The average Bonchev–Trinajstić information content (AvgIpc) is 2.67. The van der Waals surface area contributed by atoms with E-state index in [0.29, 0.717) is 36.4 Å². The fraction of sp³-hybridized carbons (Fsp3) is 0.222. The highest BCUT2D eigenvalue weighted by atomic mass is 16.2. The number of hydrogen-bond acceptors (Lipinski definition) is 8. The van der Waals surface area contributed by atoms with Crippen molar-refractivity contribution in [3.63, 3.8) is 0 Å². The Hall–Kier alpha value is -3.82. The van der Waals surface area contributed by atoms with Gasteiger partial charge >= 0.3 is 0 Å². The van der Waals surface area contributed by atoms with Gasteiger partial charge < -0.3 is 16.0 Å². The summed E-state index contributed by atoms with van der Waals surface area (Å²) in [5, 5.41) is 12.8.